The van der Waals surface area contributed by atoms with Gasteiger partial charge in [-0.2, -0.15) is 0 Å². The summed E-state index contributed by atoms with van der Waals surface area (Å²) in [4.78, 5) is 27.8. The predicted molar refractivity (Wildman–Crippen MR) is 80.9 cm³/mol. The lowest BCUT2D eigenvalue weighted by atomic mass is 9.98. The molecule has 1 N–H and O–H groups in total. The first-order valence-corrected chi connectivity index (χ1v) is 7.12. The third kappa shape index (κ3) is 4.04. The summed E-state index contributed by atoms with van der Waals surface area (Å²) in [6, 6.07) is 1.91. The molecule has 1 saturated heterocycles. The number of carbonyl (C=O) groups excluding carboxylic acids is 1. The molecule has 1 aromatic heterocycles. The molecule has 0 aliphatic carbocycles. The van der Waals surface area contributed by atoms with E-state index in [1.165, 1.54) is 0 Å². The number of nitrogens with zero attached hydrogens (tertiary/aromatic N) is 4. The molecule has 0 bridgehead atoms. The van der Waals surface area contributed by atoms with E-state index in [4.69, 9.17) is 4.84 Å². The molecule has 2 heterocycles. The summed E-state index contributed by atoms with van der Waals surface area (Å²) >= 11 is 0. The average Bonchev–Trinajstić information content (AvgIpc) is 2.47. The molecule has 0 unspecified atom stereocenters. The second-order valence-electron chi connectivity index (χ2n) is 6.06. The number of hydrogen-bond acceptors (Lipinski definition) is 7. The maximum absolute atomic E-state index is 11.9. The number of rotatable bonds is 3. The standard InChI is InChI=1S/C14H23N5O2/c1-14(2,3)13(20)21-19-7-5-18(6-8-19)12-9-11(15-4)16-10-17-12/h9-10H,5-8H2,1-4H3,(H,15,16,17). The van der Waals surface area contributed by atoms with Gasteiger partial charge >= 0.3 is 5.97 Å². The highest BCUT2D eigenvalue weighted by atomic mass is 16.7. The second kappa shape index (κ2) is 6.26. The van der Waals surface area contributed by atoms with Crippen molar-refractivity contribution in [3.8, 4) is 0 Å². The molecule has 1 aliphatic rings. The van der Waals surface area contributed by atoms with Crippen molar-refractivity contribution in [2.45, 2.75) is 20.8 Å². The molecule has 116 valence electrons. The summed E-state index contributed by atoms with van der Waals surface area (Å²) in [6.07, 6.45) is 1.55. The van der Waals surface area contributed by atoms with Crippen molar-refractivity contribution in [3.05, 3.63) is 12.4 Å². The van der Waals surface area contributed by atoms with Gasteiger partial charge in [-0.3, -0.25) is 0 Å². The van der Waals surface area contributed by atoms with Crippen molar-refractivity contribution in [1.82, 2.24) is 15.0 Å². The molecule has 0 aromatic carbocycles. The van der Waals surface area contributed by atoms with Gasteiger partial charge in [0.1, 0.15) is 18.0 Å². The van der Waals surface area contributed by atoms with E-state index in [9.17, 15) is 4.79 Å². The van der Waals surface area contributed by atoms with Crippen LogP contribution in [0, 0.1) is 5.41 Å². The number of piperazine rings is 1. The summed E-state index contributed by atoms with van der Waals surface area (Å²) in [5, 5.41) is 4.73. The molecule has 1 aliphatic heterocycles. The molecule has 0 amide bonds. The Bertz CT molecular complexity index is 492. The Morgan fingerprint density at radius 3 is 2.48 bits per heavy atom. The lowest BCUT2D eigenvalue weighted by molar-refractivity contribution is -0.201. The fourth-order valence-electron chi connectivity index (χ4n) is 1.92. The van der Waals surface area contributed by atoms with Gasteiger partial charge in [-0.15, -0.1) is 5.06 Å². The topological polar surface area (TPSA) is 70.6 Å². The smallest absolute Gasteiger partial charge is 0.330 e. The Labute approximate surface area is 125 Å². The van der Waals surface area contributed by atoms with E-state index in [0.29, 0.717) is 13.1 Å². The van der Waals surface area contributed by atoms with Crippen LogP contribution in [0.3, 0.4) is 0 Å². The minimum Gasteiger partial charge on any atom is -0.373 e. The molecule has 0 saturated carbocycles. The summed E-state index contributed by atoms with van der Waals surface area (Å²) in [5.74, 6) is 1.48. The Kier molecular flexibility index (Phi) is 4.62. The first-order chi connectivity index (χ1) is 9.90. The van der Waals surface area contributed by atoms with Crippen LogP contribution >= 0.6 is 0 Å². The van der Waals surface area contributed by atoms with Crippen LogP contribution < -0.4 is 10.2 Å². The number of nitrogens with one attached hydrogen (secondary N) is 1. The van der Waals surface area contributed by atoms with Gasteiger partial charge in [0.15, 0.2) is 0 Å². The van der Waals surface area contributed by atoms with Gasteiger partial charge < -0.3 is 15.1 Å². The zero-order valence-electron chi connectivity index (χ0n) is 13.1. The molecule has 7 heteroatoms. The summed E-state index contributed by atoms with van der Waals surface area (Å²) in [5.41, 5.74) is -0.481. The van der Waals surface area contributed by atoms with Gasteiger partial charge in [0, 0.05) is 26.2 Å². The lowest BCUT2D eigenvalue weighted by Gasteiger charge is -2.35. The number of hydroxylamine groups is 2. The van der Waals surface area contributed by atoms with E-state index in [0.717, 1.165) is 24.7 Å². The SMILES string of the molecule is CNc1cc(N2CCN(OC(=O)C(C)(C)C)CC2)ncn1. The molecular weight excluding hydrogens is 270 g/mol. The van der Waals surface area contributed by atoms with Gasteiger partial charge in [0.25, 0.3) is 0 Å². The maximum Gasteiger partial charge on any atom is 0.330 e. The van der Waals surface area contributed by atoms with Crippen LogP contribution in [-0.2, 0) is 9.63 Å². The van der Waals surface area contributed by atoms with Crippen LogP contribution in [0.2, 0.25) is 0 Å². The van der Waals surface area contributed by atoms with E-state index < -0.39 is 5.41 Å². The van der Waals surface area contributed by atoms with Gasteiger partial charge in [-0.1, -0.05) is 0 Å². The average molecular weight is 293 g/mol. The zero-order valence-corrected chi connectivity index (χ0v) is 13.1. The maximum atomic E-state index is 11.9. The van der Waals surface area contributed by atoms with Gasteiger partial charge in [-0.25, -0.2) is 14.8 Å². The van der Waals surface area contributed by atoms with Crippen molar-refractivity contribution in [2.24, 2.45) is 5.41 Å². The van der Waals surface area contributed by atoms with Gasteiger partial charge in [0.05, 0.1) is 18.5 Å². The minimum atomic E-state index is -0.481. The first-order valence-electron chi connectivity index (χ1n) is 7.12. The van der Waals surface area contributed by atoms with Crippen LogP contribution in [0.1, 0.15) is 20.8 Å². The Balaban J connectivity index is 1.89. The van der Waals surface area contributed by atoms with Crippen LogP contribution in [-0.4, -0.2) is 54.2 Å². The summed E-state index contributed by atoms with van der Waals surface area (Å²) in [7, 11) is 1.83. The summed E-state index contributed by atoms with van der Waals surface area (Å²) < 4.78 is 0. The second-order valence-corrected chi connectivity index (χ2v) is 6.06. The van der Waals surface area contributed by atoms with E-state index >= 15 is 0 Å². The first kappa shape index (κ1) is 15.5. The van der Waals surface area contributed by atoms with Crippen LogP contribution in [0.4, 0.5) is 11.6 Å². The Hall–Kier alpha value is -1.89. The Morgan fingerprint density at radius 2 is 1.90 bits per heavy atom. The highest BCUT2D eigenvalue weighted by Gasteiger charge is 2.28. The van der Waals surface area contributed by atoms with Crippen LogP contribution in [0.25, 0.3) is 0 Å². The number of aromatic nitrogens is 2. The quantitative estimate of drug-likeness (QED) is 0.896. The molecule has 2 rings (SSSR count). The van der Waals surface area contributed by atoms with E-state index in [-0.39, 0.29) is 5.97 Å². The highest BCUT2D eigenvalue weighted by Crippen LogP contribution is 2.19. The van der Waals surface area contributed by atoms with Crippen LogP contribution in [0.15, 0.2) is 12.4 Å². The van der Waals surface area contributed by atoms with Gasteiger partial charge in [-0.05, 0) is 20.8 Å². The molecular formula is C14H23N5O2. The summed E-state index contributed by atoms with van der Waals surface area (Å²) in [6.45, 7) is 8.42. The zero-order chi connectivity index (χ0) is 15.5. The molecule has 1 fully saturated rings. The molecule has 21 heavy (non-hydrogen) atoms. The fraction of sp³-hybridized carbons (Fsp3) is 0.643. The van der Waals surface area contributed by atoms with Crippen molar-refractivity contribution < 1.29 is 9.63 Å². The molecule has 0 spiro atoms. The highest BCUT2D eigenvalue weighted by molar-refractivity contribution is 5.75. The number of anilines is 2. The molecule has 1 aromatic rings. The lowest BCUT2D eigenvalue weighted by Crippen LogP contribution is -2.48. The van der Waals surface area contributed by atoms with Crippen molar-refractivity contribution in [2.75, 3.05) is 43.4 Å². The van der Waals surface area contributed by atoms with Crippen molar-refractivity contribution in [3.63, 3.8) is 0 Å². The number of carbonyl (C=O) groups is 1. The number of hydrogen-bond donors (Lipinski definition) is 1. The van der Waals surface area contributed by atoms with E-state index in [2.05, 4.69) is 20.2 Å². The van der Waals surface area contributed by atoms with E-state index in [1.54, 1.807) is 11.4 Å². The predicted octanol–water partition coefficient (Wildman–Crippen LogP) is 1.14. The third-order valence-electron chi connectivity index (χ3n) is 3.30. The molecule has 0 radical (unpaired) electrons. The van der Waals surface area contributed by atoms with Crippen molar-refractivity contribution in [1.29, 1.82) is 0 Å². The monoisotopic (exact) mass is 293 g/mol. The normalized spacial score (nSPS) is 16.7. The fourth-order valence-corrected chi connectivity index (χ4v) is 1.92. The third-order valence-corrected chi connectivity index (χ3v) is 3.30. The van der Waals surface area contributed by atoms with Crippen LogP contribution in [0.5, 0.6) is 0 Å². The van der Waals surface area contributed by atoms with Gasteiger partial charge in [0.2, 0.25) is 0 Å². The van der Waals surface area contributed by atoms with E-state index in [1.807, 2.05) is 33.9 Å². The molecule has 7 nitrogen and oxygen atoms in total. The molecule has 0 atom stereocenters. The largest absolute Gasteiger partial charge is 0.373 e. The Morgan fingerprint density at radius 1 is 1.24 bits per heavy atom. The minimum absolute atomic E-state index is 0.199. The van der Waals surface area contributed by atoms with Crippen molar-refractivity contribution >= 4 is 17.6 Å².